The van der Waals surface area contributed by atoms with Gasteiger partial charge in [0.05, 0.1) is 6.42 Å². The summed E-state index contributed by atoms with van der Waals surface area (Å²) >= 11 is 0. The molecule has 0 spiro atoms. The lowest BCUT2D eigenvalue weighted by molar-refractivity contribution is -0.136. The zero-order valence-corrected chi connectivity index (χ0v) is 6.17. The van der Waals surface area contributed by atoms with Gasteiger partial charge in [-0.15, -0.1) is 0 Å². The first-order valence-corrected chi connectivity index (χ1v) is 3.35. The fraction of sp³-hybridized carbons (Fsp3) is 0.667. The molecule has 0 radical (unpaired) electrons. The molecule has 4 N–H and O–H groups in total. The van der Waals surface area contributed by atoms with Gasteiger partial charge in [-0.2, -0.15) is 0 Å². The highest BCUT2D eigenvalue weighted by atomic mass is 16.4. The van der Waals surface area contributed by atoms with Crippen LogP contribution in [0, 0.1) is 0 Å². The highest BCUT2D eigenvalue weighted by Crippen LogP contribution is 1.85. The molecule has 0 unspecified atom stereocenters. The van der Waals surface area contributed by atoms with Gasteiger partial charge >= 0.3 is 5.97 Å². The third-order valence-electron chi connectivity index (χ3n) is 1.03. The maximum Gasteiger partial charge on any atom is 0.304 e. The first-order chi connectivity index (χ1) is 5.16. The summed E-state index contributed by atoms with van der Waals surface area (Å²) in [6.07, 6.45) is 0.806. The zero-order chi connectivity index (χ0) is 8.69. The summed E-state index contributed by atoms with van der Waals surface area (Å²) in [4.78, 5) is 19.3. The van der Waals surface area contributed by atoms with E-state index < -0.39 is 5.97 Å². The van der Waals surface area contributed by atoms with Gasteiger partial charge in [-0.25, -0.2) is 0 Å². The first-order valence-electron chi connectivity index (χ1n) is 3.35. The van der Waals surface area contributed by atoms with E-state index in [0.29, 0.717) is 0 Å². The van der Waals surface area contributed by atoms with E-state index in [1.54, 1.807) is 0 Å². The van der Waals surface area contributed by atoms with Crippen molar-refractivity contribution in [2.24, 2.45) is 5.73 Å². The molecular weight excluding hydrogens is 148 g/mol. The molecule has 1 saturated heterocycles. The summed E-state index contributed by atoms with van der Waals surface area (Å²) in [6, 6.07) is 0. The van der Waals surface area contributed by atoms with Crippen molar-refractivity contribution < 1.29 is 14.7 Å². The lowest BCUT2D eigenvalue weighted by Crippen LogP contribution is -2.37. The Hall–Kier alpha value is -1.10. The second-order valence-corrected chi connectivity index (χ2v) is 2.03. The van der Waals surface area contributed by atoms with Crippen molar-refractivity contribution in [1.82, 2.24) is 5.32 Å². The molecular formula is C6H12N2O3. The number of carbonyl (C=O) groups is 2. The van der Waals surface area contributed by atoms with E-state index in [9.17, 15) is 9.59 Å². The van der Waals surface area contributed by atoms with E-state index in [1.165, 1.54) is 0 Å². The smallest absolute Gasteiger partial charge is 0.304 e. The van der Waals surface area contributed by atoms with E-state index in [0.717, 1.165) is 13.0 Å². The number of carboxylic acid groups (broad SMARTS) is 1. The third-order valence-corrected chi connectivity index (χ3v) is 1.03. The van der Waals surface area contributed by atoms with Gasteiger partial charge in [-0.05, 0) is 0 Å². The summed E-state index contributed by atoms with van der Waals surface area (Å²) in [5.74, 6) is -0.650. The minimum Gasteiger partial charge on any atom is -0.481 e. The van der Waals surface area contributed by atoms with Crippen LogP contribution < -0.4 is 11.1 Å². The topological polar surface area (TPSA) is 92.4 Å². The molecule has 1 fully saturated rings. The van der Waals surface area contributed by atoms with Crippen LogP contribution in [-0.2, 0) is 9.59 Å². The minimum atomic E-state index is -0.836. The van der Waals surface area contributed by atoms with Crippen molar-refractivity contribution in [3.8, 4) is 0 Å². The second kappa shape index (κ2) is 5.67. The van der Waals surface area contributed by atoms with Crippen LogP contribution in [-0.4, -0.2) is 30.1 Å². The molecule has 0 aromatic rings. The minimum absolute atomic E-state index is 0.0694. The number of rotatable bonds is 2. The third kappa shape index (κ3) is 6.79. The molecule has 0 aromatic heterocycles. The Bertz CT molecular complexity index is 141. The van der Waals surface area contributed by atoms with E-state index in [1.807, 2.05) is 0 Å². The quantitative estimate of drug-likeness (QED) is 0.448. The highest BCUT2D eigenvalue weighted by molar-refractivity contribution is 5.81. The van der Waals surface area contributed by atoms with Crippen LogP contribution in [0.15, 0.2) is 0 Å². The summed E-state index contributed by atoms with van der Waals surface area (Å²) < 4.78 is 0. The number of hydrogen-bond acceptors (Lipinski definition) is 3. The average molecular weight is 160 g/mol. The van der Waals surface area contributed by atoms with E-state index in [2.05, 4.69) is 5.32 Å². The Labute approximate surface area is 64.6 Å². The average Bonchev–Trinajstić information content (AvgIpc) is 1.85. The molecule has 5 nitrogen and oxygen atoms in total. The molecule has 1 amide bonds. The highest BCUT2D eigenvalue weighted by Gasteiger charge is 2.07. The molecule has 1 rings (SSSR count). The number of nitrogens with two attached hydrogens (primary N) is 1. The molecule has 1 aliphatic heterocycles. The number of amides is 1. The van der Waals surface area contributed by atoms with Gasteiger partial charge in [0.15, 0.2) is 0 Å². The fourth-order valence-electron chi connectivity index (χ4n) is 0.351. The van der Waals surface area contributed by atoms with Crippen LogP contribution in [0.3, 0.4) is 0 Å². The Kier molecular flexibility index (Phi) is 5.10. The van der Waals surface area contributed by atoms with Crippen molar-refractivity contribution in [1.29, 1.82) is 0 Å². The van der Waals surface area contributed by atoms with Crippen molar-refractivity contribution in [2.45, 2.75) is 12.8 Å². The molecule has 1 aliphatic rings. The van der Waals surface area contributed by atoms with Crippen molar-refractivity contribution in [3.63, 3.8) is 0 Å². The van der Waals surface area contributed by atoms with Crippen molar-refractivity contribution >= 4 is 11.9 Å². The monoisotopic (exact) mass is 160 g/mol. The van der Waals surface area contributed by atoms with Gasteiger partial charge in [0.2, 0.25) is 5.91 Å². The number of aliphatic carboxylic acids is 1. The van der Waals surface area contributed by atoms with E-state index >= 15 is 0 Å². The molecule has 64 valence electrons. The molecule has 0 bridgehead atoms. The predicted molar refractivity (Wildman–Crippen MR) is 38.9 cm³/mol. The largest absolute Gasteiger partial charge is 0.481 e. The molecule has 0 atom stereocenters. The molecule has 11 heavy (non-hydrogen) atoms. The predicted octanol–water partition coefficient (Wildman–Crippen LogP) is -1.07. The normalized spacial score (nSPS) is 13.7. The summed E-state index contributed by atoms with van der Waals surface area (Å²) in [7, 11) is 0. The Morgan fingerprint density at radius 3 is 2.18 bits per heavy atom. The van der Waals surface area contributed by atoms with Gasteiger partial charge in [-0.1, -0.05) is 0 Å². The molecule has 0 saturated carbocycles. The Morgan fingerprint density at radius 2 is 2.18 bits per heavy atom. The maximum absolute atomic E-state index is 9.79. The summed E-state index contributed by atoms with van der Waals surface area (Å²) in [5, 5.41) is 10.4. The van der Waals surface area contributed by atoms with Crippen LogP contribution in [0.25, 0.3) is 0 Å². The van der Waals surface area contributed by atoms with Crippen LogP contribution in [0.2, 0.25) is 0 Å². The van der Waals surface area contributed by atoms with E-state index in [-0.39, 0.29) is 18.9 Å². The van der Waals surface area contributed by atoms with Gasteiger partial charge in [0, 0.05) is 19.5 Å². The molecule has 1 heterocycles. The number of carbonyl (C=O) groups excluding carboxylic acids is 1. The van der Waals surface area contributed by atoms with Crippen LogP contribution >= 0.6 is 0 Å². The number of nitrogens with one attached hydrogen (secondary N) is 1. The molecule has 5 heteroatoms. The Balaban J connectivity index is 0.000000183. The lowest BCUT2D eigenvalue weighted by atomic mass is 10.3. The second-order valence-electron chi connectivity index (χ2n) is 2.03. The van der Waals surface area contributed by atoms with Crippen LogP contribution in [0.4, 0.5) is 0 Å². The van der Waals surface area contributed by atoms with Crippen LogP contribution in [0.1, 0.15) is 12.8 Å². The van der Waals surface area contributed by atoms with Gasteiger partial charge in [-0.3, -0.25) is 9.59 Å². The first kappa shape index (κ1) is 9.90. The van der Waals surface area contributed by atoms with Gasteiger partial charge < -0.3 is 16.2 Å². The number of β-lactam (4-membered cyclic amide) rings is 1. The van der Waals surface area contributed by atoms with Crippen molar-refractivity contribution in [3.05, 3.63) is 0 Å². The number of carboxylic acids is 1. The van der Waals surface area contributed by atoms with Gasteiger partial charge in [0.25, 0.3) is 0 Å². The summed E-state index contributed by atoms with van der Waals surface area (Å²) in [5.41, 5.74) is 4.85. The standard InChI is InChI=1S/C3H7NO2.C3H5NO/c4-2-1-3(5)6;5-3-1-2-4-3/h1-2,4H2,(H,5,6);1-2H2,(H,4,5). The fourth-order valence-corrected chi connectivity index (χ4v) is 0.351. The summed E-state index contributed by atoms with van der Waals surface area (Å²) in [6.45, 7) is 1.12. The lowest BCUT2D eigenvalue weighted by Gasteiger charge is -2.10. The Morgan fingerprint density at radius 1 is 1.73 bits per heavy atom. The maximum atomic E-state index is 9.79. The molecule has 0 aromatic carbocycles. The zero-order valence-electron chi connectivity index (χ0n) is 6.17. The SMILES string of the molecule is NCCC(=O)O.O=C1CCN1. The molecule has 0 aliphatic carbocycles. The van der Waals surface area contributed by atoms with Crippen molar-refractivity contribution in [2.75, 3.05) is 13.1 Å². The van der Waals surface area contributed by atoms with E-state index in [4.69, 9.17) is 10.8 Å². The number of hydrogen-bond donors (Lipinski definition) is 3. The van der Waals surface area contributed by atoms with Crippen LogP contribution in [0.5, 0.6) is 0 Å². The van der Waals surface area contributed by atoms with Gasteiger partial charge in [0.1, 0.15) is 0 Å².